The van der Waals surface area contributed by atoms with Crippen LogP contribution in [0.25, 0.3) is 0 Å². The fourth-order valence-corrected chi connectivity index (χ4v) is 3.89. The van der Waals surface area contributed by atoms with E-state index in [-0.39, 0.29) is 21.9 Å². The molecule has 3 rings (SSSR count). The zero-order chi connectivity index (χ0) is 18.7. The highest BCUT2D eigenvalue weighted by Crippen LogP contribution is 2.49. The predicted molar refractivity (Wildman–Crippen MR) is 96.8 cm³/mol. The van der Waals surface area contributed by atoms with Crippen molar-refractivity contribution >= 4 is 45.1 Å². The molecule has 0 unspecified atom stereocenters. The Bertz CT molecular complexity index is 856. The molecule has 3 N–H and O–H groups in total. The van der Waals surface area contributed by atoms with E-state index in [0.717, 1.165) is 12.8 Å². The molecule has 1 amide bonds. The minimum Gasteiger partial charge on any atom is -0.409 e. The van der Waals surface area contributed by atoms with Gasteiger partial charge in [0.2, 0.25) is 11.7 Å². The zero-order valence-corrected chi connectivity index (χ0v) is 16.0. The average Bonchev–Trinajstić information content (AvgIpc) is 3.30. The second-order valence-corrected chi connectivity index (χ2v) is 7.59. The van der Waals surface area contributed by atoms with Gasteiger partial charge in [0.15, 0.2) is 10.7 Å². The third kappa shape index (κ3) is 3.83. The molecule has 1 fully saturated rings. The molecular formula is C15H15BrFN5O3S. The van der Waals surface area contributed by atoms with Crippen LogP contribution in [0.1, 0.15) is 18.5 Å². The smallest absolute Gasteiger partial charge is 0.226 e. The van der Waals surface area contributed by atoms with E-state index < -0.39 is 11.2 Å². The number of halogens is 2. The van der Waals surface area contributed by atoms with E-state index in [9.17, 15) is 14.4 Å². The van der Waals surface area contributed by atoms with Crippen molar-refractivity contribution in [2.75, 3.05) is 18.1 Å². The lowest BCUT2D eigenvalue weighted by molar-refractivity contribution is -0.125. The number of nitrogens with one attached hydrogen (secondary N) is 2. The van der Waals surface area contributed by atoms with Gasteiger partial charge in [-0.3, -0.25) is 4.79 Å². The topological polar surface area (TPSA) is 113 Å². The van der Waals surface area contributed by atoms with Gasteiger partial charge in [-0.2, -0.15) is 0 Å². The first-order valence-electron chi connectivity index (χ1n) is 7.61. The molecule has 0 saturated heterocycles. The summed E-state index contributed by atoms with van der Waals surface area (Å²) in [6.45, 7) is 0. The van der Waals surface area contributed by atoms with Crippen molar-refractivity contribution in [1.82, 2.24) is 15.6 Å². The summed E-state index contributed by atoms with van der Waals surface area (Å²) < 4.78 is 18.4. The summed E-state index contributed by atoms with van der Waals surface area (Å²) in [4.78, 5) is 11.9. The molecule has 1 heterocycles. The van der Waals surface area contributed by atoms with Gasteiger partial charge in [-0.05, 0) is 57.3 Å². The van der Waals surface area contributed by atoms with E-state index in [1.54, 1.807) is 7.05 Å². The van der Waals surface area contributed by atoms with Gasteiger partial charge in [-0.15, -0.1) is 0 Å². The maximum absolute atomic E-state index is 13.3. The van der Waals surface area contributed by atoms with Crippen molar-refractivity contribution < 1.29 is 19.0 Å². The van der Waals surface area contributed by atoms with Crippen molar-refractivity contribution in [1.29, 1.82) is 0 Å². The standard InChI is InChI=1S/C15H15BrFN5O3S/c1-18-14(23)15(4-5-15)7-26-13-11(21-25-22-13)12(20-24)19-8-2-3-10(17)9(16)6-8/h2-3,6,24H,4-5,7H2,1H3,(H,18,23)(H,19,20). The second kappa shape index (κ2) is 7.62. The van der Waals surface area contributed by atoms with Crippen LogP contribution in [0.5, 0.6) is 0 Å². The number of hydrogen-bond donors (Lipinski definition) is 3. The number of hydrogen-bond acceptors (Lipinski definition) is 7. The Morgan fingerprint density at radius 3 is 2.88 bits per heavy atom. The Hall–Kier alpha value is -2.14. The fraction of sp³-hybridized carbons (Fsp3) is 0.333. The van der Waals surface area contributed by atoms with Gasteiger partial charge >= 0.3 is 0 Å². The molecule has 1 saturated carbocycles. The molecule has 2 aromatic rings. The average molecular weight is 444 g/mol. The van der Waals surface area contributed by atoms with Crippen LogP contribution in [0.2, 0.25) is 0 Å². The maximum Gasteiger partial charge on any atom is 0.226 e. The van der Waals surface area contributed by atoms with Gasteiger partial charge in [-0.1, -0.05) is 16.9 Å². The lowest BCUT2D eigenvalue weighted by atomic mass is 10.1. The molecule has 0 atom stereocenters. The van der Waals surface area contributed by atoms with E-state index >= 15 is 0 Å². The Morgan fingerprint density at radius 2 is 2.27 bits per heavy atom. The lowest BCUT2D eigenvalue weighted by Crippen LogP contribution is -2.30. The first-order valence-corrected chi connectivity index (χ1v) is 9.39. The SMILES string of the molecule is CNC(=O)C1(CSc2nonc2/C(=N/O)Nc2ccc(F)c(Br)c2)CC1. The van der Waals surface area contributed by atoms with Gasteiger partial charge in [0, 0.05) is 18.5 Å². The van der Waals surface area contributed by atoms with Gasteiger partial charge in [0.05, 0.1) is 9.89 Å². The maximum atomic E-state index is 13.3. The molecule has 11 heteroatoms. The Kier molecular flexibility index (Phi) is 5.47. The number of benzene rings is 1. The van der Waals surface area contributed by atoms with E-state index in [1.807, 2.05) is 0 Å². The Balaban J connectivity index is 1.73. The normalized spacial score (nSPS) is 15.6. The van der Waals surface area contributed by atoms with Crippen LogP contribution >= 0.6 is 27.7 Å². The van der Waals surface area contributed by atoms with Crippen molar-refractivity contribution in [3.63, 3.8) is 0 Å². The molecule has 1 aliphatic carbocycles. The largest absolute Gasteiger partial charge is 0.409 e. The van der Waals surface area contributed by atoms with Crippen LogP contribution in [0.4, 0.5) is 10.1 Å². The van der Waals surface area contributed by atoms with Gasteiger partial charge < -0.3 is 15.8 Å². The Labute approximate surface area is 160 Å². The summed E-state index contributed by atoms with van der Waals surface area (Å²) >= 11 is 4.39. The third-order valence-electron chi connectivity index (χ3n) is 4.01. The number of nitrogens with zero attached hydrogens (tertiary/aromatic N) is 3. The lowest BCUT2D eigenvalue weighted by Gasteiger charge is -2.12. The molecule has 0 radical (unpaired) electrons. The van der Waals surface area contributed by atoms with Crippen LogP contribution in [0.3, 0.4) is 0 Å². The Morgan fingerprint density at radius 1 is 1.50 bits per heavy atom. The monoisotopic (exact) mass is 443 g/mol. The van der Waals surface area contributed by atoms with Crippen LogP contribution in [-0.4, -0.2) is 40.1 Å². The number of rotatable bonds is 6. The first-order chi connectivity index (χ1) is 12.5. The molecule has 1 aromatic heterocycles. The van der Waals surface area contributed by atoms with Crippen molar-refractivity contribution in [3.8, 4) is 0 Å². The minimum atomic E-state index is -0.415. The molecule has 0 bridgehead atoms. The van der Waals surface area contributed by atoms with Crippen molar-refractivity contribution in [2.45, 2.75) is 17.9 Å². The summed E-state index contributed by atoms with van der Waals surface area (Å²) in [7, 11) is 1.61. The molecule has 8 nitrogen and oxygen atoms in total. The summed E-state index contributed by atoms with van der Waals surface area (Å²) in [5.41, 5.74) is 0.279. The zero-order valence-electron chi connectivity index (χ0n) is 13.6. The summed E-state index contributed by atoms with van der Waals surface area (Å²) in [6.07, 6.45) is 1.62. The predicted octanol–water partition coefficient (Wildman–Crippen LogP) is 2.84. The molecular weight excluding hydrogens is 429 g/mol. The quantitative estimate of drug-likeness (QED) is 0.207. The number of anilines is 1. The molecule has 0 aliphatic heterocycles. The number of carbonyl (C=O) groups excluding carboxylic acids is 1. The number of oxime groups is 1. The van der Waals surface area contributed by atoms with E-state index in [0.29, 0.717) is 16.5 Å². The van der Waals surface area contributed by atoms with Gasteiger partial charge in [0.25, 0.3) is 0 Å². The van der Waals surface area contributed by atoms with Crippen molar-refractivity contribution in [3.05, 3.63) is 34.2 Å². The fourth-order valence-electron chi connectivity index (χ4n) is 2.32. The molecule has 1 aromatic carbocycles. The van der Waals surface area contributed by atoms with Gasteiger partial charge in [0.1, 0.15) is 5.82 Å². The number of aromatic nitrogens is 2. The van der Waals surface area contributed by atoms with Crippen LogP contribution < -0.4 is 10.6 Å². The molecule has 138 valence electrons. The van der Waals surface area contributed by atoms with Crippen molar-refractivity contribution in [2.24, 2.45) is 10.6 Å². The number of amidine groups is 1. The highest BCUT2D eigenvalue weighted by molar-refractivity contribution is 9.10. The highest BCUT2D eigenvalue weighted by atomic mass is 79.9. The molecule has 26 heavy (non-hydrogen) atoms. The second-order valence-electron chi connectivity index (χ2n) is 5.77. The van der Waals surface area contributed by atoms with Gasteiger partial charge in [-0.25, -0.2) is 9.02 Å². The van der Waals surface area contributed by atoms with Crippen LogP contribution in [-0.2, 0) is 4.79 Å². The van der Waals surface area contributed by atoms with E-state index in [4.69, 9.17) is 4.63 Å². The summed E-state index contributed by atoms with van der Waals surface area (Å²) in [5, 5.41) is 26.0. The third-order valence-corrected chi connectivity index (χ3v) is 5.86. The van der Waals surface area contributed by atoms with E-state index in [2.05, 4.69) is 42.0 Å². The van der Waals surface area contributed by atoms with E-state index in [1.165, 1.54) is 30.0 Å². The van der Waals surface area contributed by atoms with Crippen LogP contribution in [0.15, 0.2) is 37.5 Å². The first kappa shape index (κ1) is 18.6. The minimum absolute atomic E-state index is 0.00273. The number of carbonyl (C=O) groups is 1. The summed E-state index contributed by atoms with van der Waals surface area (Å²) in [5.74, 6) is 0.0843. The number of thioether (sulfide) groups is 1. The molecule has 0 spiro atoms. The highest BCUT2D eigenvalue weighted by Gasteiger charge is 2.49. The number of amides is 1. The van der Waals surface area contributed by atoms with Crippen LogP contribution in [0, 0.1) is 11.2 Å². The molecule has 1 aliphatic rings. The summed E-state index contributed by atoms with van der Waals surface area (Å²) in [6, 6.07) is 4.24.